The molecule has 164 valence electrons. The first-order valence-electron chi connectivity index (χ1n) is 10.4. The Labute approximate surface area is 186 Å². The van der Waals surface area contributed by atoms with Gasteiger partial charge in [0.1, 0.15) is 17.9 Å². The number of para-hydroxylation sites is 1. The molecule has 7 nitrogen and oxygen atoms in total. The molecule has 1 aliphatic heterocycles. The number of amides is 4. The van der Waals surface area contributed by atoms with E-state index in [1.165, 1.54) is 19.7 Å². The van der Waals surface area contributed by atoms with Crippen LogP contribution in [0.15, 0.2) is 54.2 Å². The molecule has 4 amide bonds. The van der Waals surface area contributed by atoms with Crippen molar-refractivity contribution in [1.82, 2.24) is 14.4 Å². The smallest absolute Gasteiger partial charge is 0.333 e. The first-order chi connectivity index (χ1) is 15.3. The van der Waals surface area contributed by atoms with E-state index in [0.717, 1.165) is 37.6 Å². The Hall–Kier alpha value is -3.87. The molecule has 0 aliphatic carbocycles. The molecule has 0 spiro atoms. The zero-order valence-corrected chi connectivity index (χ0v) is 18.6. The number of aromatic nitrogens is 1. The van der Waals surface area contributed by atoms with Gasteiger partial charge in [0.05, 0.1) is 6.54 Å². The maximum atomic E-state index is 12.6. The number of hydrogen-bond donors (Lipinski definition) is 0. The Morgan fingerprint density at radius 2 is 1.62 bits per heavy atom. The number of carbonyl (C=O) groups excluding carboxylic acids is 3. The van der Waals surface area contributed by atoms with Gasteiger partial charge in [-0.2, -0.15) is 0 Å². The average molecular weight is 431 g/mol. The molecule has 0 N–H and O–H groups in total. The lowest BCUT2D eigenvalue weighted by Crippen LogP contribution is -2.52. The fraction of sp³-hybridized carbons (Fsp3) is 0.240. The standard InChI is InChI=1S/C25H25N3O4/c1-16-9-10-22(17(2)13-16)32-12-11-28-15-18(19-7-5-6-8-21(19)28)14-20-23(29)26(3)25(31)27(4)24(20)30/h5-10,13-15H,11-12H2,1-4H3. The average Bonchev–Trinajstić information content (AvgIpc) is 3.13. The molecular formula is C25H25N3O4. The zero-order valence-electron chi connectivity index (χ0n) is 18.6. The van der Waals surface area contributed by atoms with Gasteiger partial charge < -0.3 is 9.30 Å². The van der Waals surface area contributed by atoms with Gasteiger partial charge in [0.2, 0.25) is 0 Å². The molecule has 1 aromatic heterocycles. The van der Waals surface area contributed by atoms with Crippen molar-refractivity contribution in [3.05, 3.63) is 70.9 Å². The van der Waals surface area contributed by atoms with E-state index in [2.05, 4.69) is 6.07 Å². The number of likely N-dealkylation sites (N-methyl/N-ethyl adjacent to an activating group) is 2. The van der Waals surface area contributed by atoms with Gasteiger partial charge in [-0.15, -0.1) is 0 Å². The Bertz CT molecular complexity index is 1250. The summed E-state index contributed by atoms with van der Waals surface area (Å²) in [6.07, 6.45) is 3.47. The van der Waals surface area contributed by atoms with Crippen LogP contribution in [0.5, 0.6) is 5.75 Å². The molecular weight excluding hydrogens is 406 g/mol. The van der Waals surface area contributed by atoms with Crippen molar-refractivity contribution in [2.75, 3.05) is 20.7 Å². The molecule has 32 heavy (non-hydrogen) atoms. The first-order valence-corrected chi connectivity index (χ1v) is 10.4. The molecule has 1 saturated heterocycles. The normalized spacial score (nSPS) is 14.5. The molecule has 3 aromatic rings. The third-order valence-electron chi connectivity index (χ3n) is 5.68. The number of benzene rings is 2. The number of imide groups is 2. The van der Waals surface area contributed by atoms with E-state index in [0.29, 0.717) is 13.2 Å². The molecule has 0 unspecified atom stereocenters. The minimum Gasteiger partial charge on any atom is -0.491 e. The van der Waals surface area contributed by atoms with Crippen LogP contribution in [0.3, 0.4) is 0 Å². The van der Waals surface area contributed by atoms with Gasteiger partial charge in [0.25, 0.3) is 11.8 Å². The summed E-state index contributed by atoms with van der Waals surface area (Å²) in [5.41, 5.74) is 3.94. The molecule has 4 rings (SSSR count). The summed E-state index contributed by atoms with van der Waals surface area (Å²) >= 11 is 0. The molecule has 0 bridgehead atoms. The highest BCUT2D eigenvalue weighted by molar-refractivity contribution is 6.31. The van der Waals surface area contributed by atoms with E-state index in [-0.39, 0.29) is 5.57 Å². The van der Waals surface area contributed by atoms with Crippen molar-refractivity contribution in [3.8, 4) is 5.75 Å². The van der Waals surface area contributed by atoms with Crippen LogP contribution in [0, 0.1) is 13.8 Å². The summed E-state index contributed by atoms with van der Waals surface area (Å²) < 4.78 is 8.03. The number of ether oxygens (including phenoxy) is 1. The summed E-state index contributed by atoms with van der Waals surface area (Å²) in [5, 5.41) is 0.911. The second-order valence-electron chi connectivity index (χ2n) is 7.98. The SMILES string of the molecule is Cc1ccc(OCCn2cc(C=C3C(=O)N(C)C(=O)N(C)C3=O)c3ccccc32)c(C)c1. The number of fused-ring (bicyclic) bond motifs is 1. The van der Waals surface area contributed by atoms with E-state index in [1.54, 1.807) is 6.08 Å². The van der Waals surface area contributed by atoms with Crippen LogP contribution in [0.2, 0.25) is 0 Å². The summed E-state index contributed by atoms with van der Waals surface area (Å²) in [6.45, 7) is 5.13. The van der Waals surface area contributed by atoms with Gasteiger partial charge in [0, 0.05) is 36.8 Å². The highest BCUT2D eigenvalue weighted by Crippen LogP contribution is 2.26. The number of aryl methyl sites for hydroxylation is 2. The Balaban J connectivity index is 1.63. The summed E-state index contributed by atoms with van der Waals surface area (Å²) in [4.78, 5) is 39.1. The van der Waals surface area contributed by atoms with Gasteiger partial charge in [-0.25, -0.2) is 4.79 Å². The lowest BCUT2D eigenvalue weighted by Gasteiger charge is -2.28. The number of rotatable bonds is 5. The van der Waals surface area contributed by atoms with E-state index in [4.69, 9.17) is 4.74 Å². The molecule has 0 saturated carbocycles. The number of hydrogen-bond acceptors (Lipinski definition) is 4. The number of barbiturate groups is 1. The van der Waals surface area contributed by atoms with Crippen LogP contribution >= 0.6 is 0 Å². The molecule has 2 aromatic carbocycles. The summed E-state index contributed by atoms with van der Waals surface area (Å²) in [5.74, 6) is -0.357. The van der Waals surface area contributed by atoms with Crippen LogP contribution in [-0.2, 0) is 16.1 Å². The molecule has 1 fully saturated rings. The van der Waals surface area contributed by atoms with Crippen molar-refractivity contribution in [3.63, 3.8) is 0 Å². The lowest BCUT2D eigenvalue weighted by atomic mass is 10.1. The van der Waals surface area contributed by atoms with E-state index >= 15 is 0 Å². The van der Waals surface area contributed by atoms with E-state index in [1.807, 2.05) is 61.0 Å². The maximum absolute atomic E-state index is 12.6. The number of carbonyl (C=O) groups is 3. The molecule has 2 heterocycles. The maximum Gasteiger partial charge on any atom is 0.333 e. The lowest BCUT2D eigenvalue weighted by molar-refractivity contribution is -0.134. The number of nitrogens with zero attached hydrogens (tertiary/aromatic N) is 3. The highest BCUT2D eigenvalue weighted by Gasteiger charge is 2.37. The third-order valence-corrected chi connectivity index (χ3v) is 5.68. The Kier molecular flexibility index (Phi) is 5.57. The van der Waals surface area contributed by atoms with Crippen LogP contribution in [0.4, 0.5) is 4.79 Å². The second-order valence-corrected chi connectivity index (χ2v) is 7.98. The molecule has 0 radical (unpaired) electrons. The second kappa shape index (κ2) is 8.34. The molecule has 0 atom stereocenters. The minimum atomic E-state index is -0.636. The quantitative estimate of drug-likeness (QED) is 0.455. The van der Waals surface area contributed by atoms with Gasteiger partial charge in [0.15, 0.2) is 0 Å². The van der Waals surface area contributed by atoms with Gasteiger partial charge in [-0.3, -0.25) is 19.4 Å². The fourth-order valence-electron chi connectivity index (χ4n) is 3.92. The van der Waals surface area contributed by atoms with Crippen molar-refractivity contribution >= 4 is 34.8 Å². The van der Waals surface area contributed by atoms with E-state index < -0.39 is 17.8 Å². The van der Waals surface area contributed by atoms with Gasteiger partial charge in [-0.1, -0.05) is 35.9 Å². The molecule has 7 heteroatoms. The van der Waals surface area contributed by atoms with Crippen LogP contribution < -0.4 is 4.74 Å². The van der Waals surface area contributed by atoms with Crippen molar-refractivity contribution in [2.24, 2.45) is 0 Å². The first kappa shape index (κ1) is 21.4. The van der Waals surface area contributed by atoms with Crippen LogP contribution in [-0.4, -0.2) is 52.9 Å². The predicted octanol–water partition coefficient (Wildman–Crippen LogP) is 3.77. The summed E-state index contributed by atoms with van der Waals surface area (Å²) in [7, 11) is 2.74. The fourth-order valence-corrected chi connectivity index (χ4v) is 3.92. The van der Waals surface area contributed by atoms with Crippen LogP contribution in [0.1, 0.15) is 16.7 Å². The topological polar surface area (TPSA) is 71.8 Å². The van der Waals surface area contributed by atoms with Crippen molar-refractivity contribution < 1.29 is 19.1 Å². The summed E-state index contributed by atoms with van der Waals surface area (Å²) in [6, 6.07) is 13.2. The zero-order chi connectivity index (χ0) is 23.0. The van der Waals surface area contributed by atoms with Gasteiger partial charge in [-0.05, 0) is 37.6 Å². The van der Waals surface area contributed by atoms with E-state index in [9.17, 15) is 14.4 Å². The monoisotopic (exact) mass is 431 g/mol. The van der Waals surface area contributed by atoms with Gasteiger partial charge >= 0.3 is 6.03 Å². The largest absolute Gasteiger partial charge is 0.491 e. The minimum absolute atomic E-state index is 0.0379. The third kappa shape index (κ3) is 3.77. The van der Waals surface area contributed by atoms with Crippen molar-refractivity contribution in [1.29, 1.82) is 0 Å². The highest BCUT2D eigenvalue weighted by atomic mass is 16.5. The Morgan fingerprint density at radius 3 is 2.31 bits per heavy atom. The van der Waals surface area contributed by atoms with Crippen LogP contribution in [0.25, 0.3) is 17.0 Å². The van der Waals surface area contributed by atoms with Crippen molar-refractivity contribution in [2.45, 2.75) is 20.4 Å². The number of urea groups is 1. The predicted molar refractivity (Wildman–Crippen MR) is 122 cm³/mol. The molecule has 1 aliphatic rings. The Morgan fingerprint density at radius 1 is 0.938 bits per heavy atom.